The van der Waals surface area contributed by atoms with Gasteiger partial charge in [-0.05, 0) is 50.1 Å². The van der Waals surface area contributed by atoms with Gasteiger partial charge in [0.05, 0.1) is 6.04 Å². The van der Waals surface area contributed by atoms with Gasteiger partial charge in [0.2, 0.25) is 17.7 Å². The average molecular weight is 504 g/mol. The number of likely N-dealkylation sites (tertiary alicyclic amines) is 1. The van der Waals surface area contributed by atoms with E-state index in [0.717, 1.165) is 5.56 Å². The molecule has 0 aromatic heterocycles. The summed E-state index contributed by atoms with van der Waals surface area (Å²) in [5.74, 6) is -2.50. The number of carbonyl (C=O) groups is 4. The molecule has 0 saturated carbocycles. The van der Waals surface area contributed by atoms with Crippen LogP contribution in [-0.2, 0) is 25.6 Å². The number of amides is 3. The van der Waals surface area contributed by atoms with Gasteiger partial charge in [0.1, 0.15) is 18.1 Å². The Morgan fingerprint density at radius 3 is 2.36 bits per heavy atom. The van der Waals surface area contributed by atoms with Crippen molar-refractivity contribution in [3.63, 3.8) is 0 Å². The van der Waals surface area contributed by atoms with E-state index in [1.165, 1.54) is 4.90 Å². The molecule has 1 aromatic rings. The number of aliphatic carboxylic acids is 1. The second kappa shape index (κ2) is 14.5. The largest absolute Gasteiger partial charge is 0.480 e. The molecule has 3 amide bonds. The third kappa shape index (κ3) is 8.30. The maximum Gasteiger partial charge on any atom is 0.326 e. The highest BCUT2D eigenvalue weighted by molar-refractivity contribution is 5.94. The molecular formula is C26H41N5O5. The van der Waals surface area contributed by atoms with Gasteiger partial charge < -0.3 is 32.1 Å². The zero-order valence-corrected chi connectivity index (χ0v) is 21.3. The van der Waals surface area contributed by atoms with Crippen molar-refractivity contribution in [1.82, 2.24) is 15.5 Å². The summed E-state index contributed by atoms with van der Waals surface area (Å²) in [5, 5.41) is 15.1. The summed E-state index contributed by atoms with van der Waals surface area (Å²) in [4.78, 5) is 52.6. The lowest BCUT2D eigenvalue weighted by atomic mass is 9.98. The lowest BCUT2D eigenvalue weighted by Crippen LogP contribution is -2.58. The minimum Gasteiger partial charge on any atom is -0.480 e. The van der Waals surface area contributed by atoms with Crippen molar-refractivity contribution in [3.8, 4) is 0 Å². The first-order chi connectivity index (χ1) is 17.2. The van der Waals surface area contributed by atoms with E-state index in [1.54, 1.807) is 0 Å². The maximum atomic E-state index is 13.4. The Morgan fingerprint density at radius 1 is 1.08 bits per heavy atom. The number of nitrogens with one attached hydrogen (secondary N) is 2. The van der Waals surface area contributed by atoms with E-state index in [9.17, 15) is 24.3 Å². The normalized spacial score (nSPS) is 18.7. The molecule has 10 nitrogen and oxygen atoms in total. The smallest absolute Gasteiger partial charge is 0.326 e. The highest BCUT2D eigenvalue weighted by Crippen LogP contribution is 2.20. The van der Waals surface area contributed by atoms with Gasteiger partial charge in [0.25, 0.3) is 0 Å². The zero-order chi connectivity index (χ0) is 26.7. The number of carboxylic acids is 1. The summed E-state index contributed by atoms with van der Waals surface area (Å²) in [7, 11) is 0. The number of carbonyl (C=O) groups excluding carboxylic acids is 3. The van der Waals surface area contributed by atoms with E-state index < -0.39 is 47.9 Å². The number of nitrogens with two attached hydrogens (primary N) is 2. The van der Waals surface area contributed by atoms with Crippen molar-refractivity contribution in [3.05, 3.63) is 35.9 Å². The highest BCUT2D eigenvalue weighted by atomic mass is 16.4. The van der Waals surface area contributed by atoms with Crippen LogP contribution < -0.4 is 22.1 Å². The molecule has 2 rings (SSSR count). The van der Waals surface area contributed by atoms with E-state index in [2.05, 4.69) is 10.6 Å². The van der Waals surface area contributed by atoms with Gasteiger partial charge in [0, 0.05) is 13.0 Å². The van der Waals surface area contributed by atoms with Crippen LogP contribution in [0, 0.1) is 5.92 Å². The Hall–Kier alpha value is -2.98. The van der Waals surface area contributed by atoms with Gasteiger partial charge in [-0.25, -0.2) is 4.79 Å². The van der Waals surface area contributed by atoms with E-state index >= 15 is 0 Å². The van der Waals surface area contributed by atoms with E-state index in [0.29, 0.717) is 51.6 Å². The average Bonchev–Trinajstić information content (AvgIpc) is 3.37. The Kier molecular flexibility index (Phi) is 11.8. The molecule has 1 saturated heterocycles. The van der Waals surface area contributed by atoms with Crippen molar-refractivity contribution < 1.29 is 24.3 Å². The fourth-order valence-electron chi connectivity index (χ4n) is 4.35. The summed E-state index contributed by atoms with van der Waals surface area (Å²) in [6.45, 7) is 4.58. The Labute approximate surface area is 213 Å². The fourth-order valence-corrected chi connectivity index (χ4v) is 4.35. The molecule has 10 heteroatoms. The van der Waals surface area contributed by atoms with Crippen LogP contribution in [-0.4, -0.2) is 71.0 Å². The van der Waals surface area contributed by atoms with Gasteiger partial charge in [-0.2, -0.15) is 0 Å². The third-order valence-electron chi connectivity index (χ3n) is 6.86. The van der Waals surface area contributed by atoms with Crippen LogP contribution in [0.5, 0.6) is 0 Å². The molecule has 1 aliphatic rings. The Balaban J connectivity index is 2.23. The second-order valence-corrected chi connectivity index (χ2v) is 9.54. The Morgan fingerprint density at radius 2 is 1.75 bits per heavy atom. The molecule has 1 heterocycles. The van der Waals surface area contributed by atoms with Crippen LogP contribution in [0.2, 0.25) is 0 Å². The number of hydrogen-bond donors (Lipinski definition) is 5. The van der Waals surface area contributed by atoms with Gasteiger partial charge in [-0.3, -0.25) is 14.4 Å². The zero-order valence-electron chi connectivity index (χ0n) is 21.3. The number of carboxylic acid groups (broad SMARTS) is 1. The molecule has 5 atom stereocenters. The van der Waals surface area contributed by atoms with Crippen LogP contribution in [0.25, 0.3) is 0 Å². The van der Waals surface area contributed by atoms with E-state index in [-0.39, 0.29) is 12.3 Å². The molecule has 0 bridgehead atoms. The summed E-state index contributed by atoms with van der Waals surface area (Å²) in [6, 6.07) is 5.71. The lowest BCUT2D eigenvalue weighted by molar-refractivity contribution is -0.149. The minimum absolute atomic E-state index is 0.0702. The predicted molar refractivity (Wildman–Crippen MR) is 137 cm³/mol. The number of hydrogen-bond acceptors (Lipinski definition) is 6. The first-order valence-electron chi connectivity index (χ1n) is 12.8. The van der Waals surface area contributed by atoms with Crippen molar-refractivity contribution >= 4 is 23.7 Å². The standard InChI is InChI=1S/C26H41N5O5/c1-3-17(2)22(28)24(33)30-20(16-18-10-5-4-6-11-18)23(32)29-19(12-7-8-14-27)25(34)31-15-9-13-21(31)26(35)36/h4-6,10-11,17,19-22H,3,7-9,12-16,27-28H2,1-2H3,(H,29,32)(H,30,33)(H,35,36). The number of unbranched alkanes of at least 4 members (excludes halogenated alkanes) is 1. The number of benzene rings is 1. The fraction of sp³-hybridized carbons (Fsp3) is 0.615. The molecule has 200 valence electrons. The van der Waals surface area contributed by atoms with Crippen LogP contribution in [0.3, 0.4) is 0 Å². The highest BCUT2D eigenvalue weighted by Gasteiger charge is 2.38. The topological polar surface area (TPSA) is 168 Å². The van der Waals surface area contributed by atoms with E-state index in [4.69, 9.17) is 11.5 Å². The van der Waals surface area contributed by atoms with Gasteiger partial charge in [-0.15, -0.1) is 0 Å². The third-order valence-corrected chi connectivity index (χ3v) is 6.86. The van der Waals surface area contributed by atoms with Crippen molar-refractivity contribution in [2.24, 2.45) is 17.4 Å². The summed E-state index contributed by atoms with van der Waals surface area (Å²) < 4.78 is 0. The Bertz CT molecular complexity index is 881. The second-order valence-electron chi connectivity index (χ2n) is 9.54. The monoisotopic (exact) mass is 503 g/mol. The summed E-state index contributed by atoms with van der Waals surface area (Å²) in [6.07, 6.45) is 3.47. The molecule has 1 fully saturated rings. The molecule has 5 unspecified atom stereocenters. The van der Waals surface area contributed by atoms with Crippen molar-refractivity contribution in [1.29, 1.82) is 0 Å². The summed E-state index contributed by atoms with van der Waals surface area (Å²) >= 11 is 0. The van der Waals surface area contributed by atoms with Gasteiger partial charge in [0.15, 0.2) is 0 Å². The van der Waals surface area contributed by atoms with E-state index in [1.807, 2.05) is 44.2 Å². The van der Waals surface area contributed by atoms with Crippen LogP contribution in [0.4, 0.5) is 0 Å². The molecule has 0 radical (unpaired) electrons. The molecule has 7 N–H and O–H groups in total. The predicted octanol–water partition coefficient (Wildman–Crippen LogP) is 0.777. The SMILES string of the molecule is CCC(C)C(N)C(=O)NC(Cc1ccccc1)C(=O)NC(CCCCN)C(=O)N1CCCC1C(=O)O. The van der Waals surface area contributed by atoms with Gasteiger partial charge >= 0.3 is 5.97 Å². The molecule has 0 aliphatic carbocycles. The molecule has 0 spiro atoms. The quantitative estimate of drug-likeness (QED) is 0.234. The van der Waals surface area contributed by atoms with Gasteiger partial charge in [-0.1, -0.05) is 50.6 Å². The number of nitrogens with zero attached hydrogens (tertiary/aromatic N) is 1. The molecule has 36 heavy (non-hydrogen) atoms. The van der Waals surface area contributed by atoms with Crippen LogP contribution >= 0.6 is 0 Å². The minimum atomic E-state index is -1.05. The van der Waals surface area contributed by atoms with Crippen LogP contribution in [0.15, 0.2) is 30.3 Å². The molecular weight excluding hydrogens is 462 g/mol. The summed E-state index contributed by atoms with van der Waals surface area (Å²) in [5.41, 5.74) is 12.5. The van der Waals surface area contributed by atoms with Crippen LogP contribution in [0.1, 0.15) is 57.9 Å². The first-order valence-corrected chi connectivity index (χ1v) is 12.8. The first kappa shape index (κ1) is 29.3. The number of rotatable bonds is 14. The lowest BCUT2D eigenvalue weighted by Gasteiger charge is -2.29. The molecule has 1 aromatic carbocycles. The maximum absolute atomic E-state index is 13.4. The van der Waals surface area contributed by atoms with Crippen molar-refractivity contribution in [2.45, 2.75) is 83.0 Å². The van der Waals surface area contributed by atoms with Crippen molar-refractivity contribution in [2.75, 3.05) is 13.1 Å². The molecule has 1 aliphatic heterocycles.